The van der Waals surface area contributed by atoms with E-state index < -0.39 is 6.04 Å². The first-order valence-corrected chi connectivity index (χ1v) is 10.4. The molecule has 2 aromatic heterocycles. The van der Waals surface area contributed by atoms with Crippen LogP contribution in [0.4, 0.5) is 0 Å². The van der Waals surface area contributed by atoms with Crippen molar-refractivity contribution < 1.29 is 4.79 Å². The molecule has 6 heteroatoms. The summed E-state index contributed by atoms with van der Waals surface area (Å²) in [5, 5.41) is 16.7. The second-order valence-electron chi connectivity index (χ2n) is 6.96. The van der Waals surface area contributed by atoms with Crippen LogP contribution in [0.25, 0.3) is 5.52 Å². The zero-order valence-electron chi connectivity index (χ0n) is 16.1. The van der Waals surface area contributed by atoms with Gasteiger partial charge in [0.05, 0.1) is 35.0 Å². The Kier molecular flexibility index (Phi) is 6.03. The summed E-state index contributed by atoms with van der Waals surface area (Å²) in [6.45, 7) is 0.627. The fourth-order valence-corrected chi connectivity index (χ4v) is 3.74. The van der Waals surface area contributed by atoms with Crippen molar-refractivity contribution in [3.8, 4) is 6.07 Å². The van der Waals surface area contributed by atoms with Crippen LogP contribution in [0.2, 0.25) is 0 Å². The second kappa shape index (κ2) is 9.04. The highest BCUT2D eigenvalue weighted by molar-refractivity contribution is 9.10. The lowest BCUT2D eigenvalue weighted by atomic mass is 9.97. The maximum atomic E-state index is 13.5. The number of pyridine rings is 1. The van der Waals surface area contributed by atoms with Crippen LogP contribution >= 0.6 is 15.9 Å². The highest BCUT2D eigenvalue weighted by Gasteiger charge is 2.24. The molecular weight excluding hydrogens is 440 g/mol. The molecule has 0 spiro atoms. The number of fused-ring (bicyclic) bond motifs is 1. The number of ketones is 1. The molecule has 0 saturated heterocycles. The number of Topliss-reactive ketones (excluding diaryl/α,β-unsaturated/α-hetero) is 1. The Balaban J connectivity index is 1.56. The molecule has 0 aliphatic rings. The summed E-state index contributed by atoms with van der Waals surface area (Å²) in [5.74, 6) is -0.0154. The van der Waals surface area contributed by atoms with Gasteiger partial charge >= 0.3 is 0 Å². The average molecular weight is 459 g/mol. The van der Waals surface area contributed by atoms with Crippen LogP contribution in [0.3, 0.4) is 0 Å². The quantitative estimate of drug-likeness (QED) is 0.406. The topological polar surface area (TPSA) is 70.2 Å². The molecule has 4 rings (SSSR count). The van der Waals surface area contributed by atoms with Crippen LogP contribution in [0.15, 0.2) is 83.6 Å². The summed E-state index contributed by atoms with van der Waals surface area (Å²) >= 11 is 3.43. The Morgan fingerprint density at radius 1 is 1.10 bits per heavy atom. The van der Waals surface area contributed by atoms with Crippen LogP contribution in [-0.2, 0) is 6.42 Å². The molecular formula is C24H19BrN4O. The van der Waals surface area contributed by atoms with Gasteiger partial charge < -0.3 is 5.32 Å². The Morgan fingerprint density at radius 3 is 2.60 bits per heavy atom. The monoisotopic (exact) mass is 458 g/mol. The first kappa shape index (κ1) is 20.0. The lowest BCUT2D eigenvalue weighted by Gasteiger charge is -2.18. The molecule has 1 unspecified atom stereocenters. The van der Waals surface area contributed by atoms with Crippen molar-refractivity contribution in [1.29, 1.82) is 5.26 Å². The molecule has 2 aromatic carbocycles. The summed E-state index contributed by atoms with van der Waals surface area (Å²) in [6, 6.07) is 22.7. The van der Waals surface area contributed by atoms with Gasteiger partial charge in [-0.3, -0.25) is 4.79 Å². The van der Waals surface area contributed by atoms with E-state index >= 15 is 0 Å². The number of hydrogen-bond acceptors (Lipinski definition) is 4. The predicted octanol–water partition coefficient (Wildman–Crippen LogP) is 4.72. The largest absolute Gasteiger partial charge is 0.303 e. The maximum absolute atomic E-state index is 13.5. The minimum Gasteiger partial charge on any atom is -0.303 e. The van der Waals surface area contributed by atoms with Crippen molar-refractivity contribution in [1.82, 2.24) is 14.9 Å². The van der Waals surface area contributed by atoms with E-state index in [0.29, 0.717) is 17.7 Å². The summed E-state index contributed by atoms with van der Waals surface area (Å²) in [4.78, 5) is 13.5. The first-order chi connectivity index (χ1) is 14.7. The molecule has 148 valence electrons. The number of carbonyl (C=O) groups excluding carboxylic acids is 1. The van der Waals surface area contributed by atoms with E-state index in [2.05, 4.69) is 32.4 Å². The molecule has 1 atom stereocenters. The molecule has 0 saturated carbocycles. The van der Waals surface area contributed by atoms with E-state index in [1.54, 1.807) is 10.7 Å². The number of hydrogen-bond donors (Lipinski definition) is 1. The third kappa shape index (κ3) is 4.33. The van der Waals surface area contributed by atoms with E-state index in [1.165, 1.54) is 0 Å². The SMILES string of the molecule is N#Cc1ccc(CCNC(C(=O)c2cnn3cc(Br)ccc23)c2ccccc2)cc1. The Morgan fingerprint density at radius 2 is 1.87 bits per heavy atom. The van der Waals surface area contributed by atoms with Gasteiger partial charge in [0, 0.05) is 17.2 Å². The number of benzene rings is 2. The smallest absolute Gasteiger partial charge is 0.188 e. The van der Waals surface area contributed by atoms with E-state index in [1.807, 2.05) is 72.9 Å². The third-order valence-corrected chi connectivity index (χ3v) is 5.45. The molecule has 0 radical (unpaired) electrons. The average Bonchev–Trinajstić information content (AvgIpc) is 3.20. The van der Waals surface area contributed by atoms with Gasteiger partial charge in [0.25, 0.3) is 0 Å². The molecule has 0 aliphatic heterocycles. The van der Waals surface area contributed by atoms with Crippen molar-refractivity contribution in [3.05, 3.63) is 106 Å². The van der Waals surface area contributed by atoms with Crippen LogP contribution in [0.5, 0.6) is 0 Å². The minimum atomic E-state index is -0.471. The van der Waals surface area contributed by atoms with E-state index in [-0.39, 0.29) is 5.78 Å². The van der Waals surface area contributed by atoms with Crippen LogP contribution in [0.1, 0.15) is 33.1 Å². The Labute approximate surface area is 183 Å². The molecule has 30 heavy (non-hydrogen) atoms. The third-order valence-electron chi connectivity index (χ3n) is 4.99. The zero-order chi connectivity index (χ0) is 20.9. The Bertz CT molecular complexity index is 1210. The summed E-state index contributed by atoms with van der Waals surface area (Å²) in [7, 11) is 0. The number of nitrogens with zero attached hydrogens (tertiary/aromatic N) is 3. The van der Waals surface area contributed by atoms with Crippen LogP contribution in [-0.4, -0.2) is 21.9 Å². The summed E-state index contributed by atoms with van der Waals surface area (Å²) in [5.41, 5.74) is 4.03. The van der Waals surface area contributed by atoms with Crippen molar-refractivity contribution in [2.45, 2.75) is 12.5 Å². The van der Waals surface area contributed by atoms with Crippen molar-refractivity contribution >= 4 is 27.2 Å². The van der Waals surface area contributed by atoms with Crippen LogP contribution in [0, 0.1) is 11.3 Å². The van der Waals surface area contributed by atoms with Gasteiger partial charge in [0.15, 0.2) is 5.78 Å². The number of aromatic nitrogens is 2. The van der Waals surface area contributed by atoms with Crippen molar-refractivity contribution in [3.63, 3.8) is 0 Å². The zero-order valence-corrected chi connectivity index (χ0v) is 17.7. The molecule has 0 aliphatic carbocycles. The van der Waals surface area contributed by atoms with Crippen LogP contribution < -0.4 is 5.32 Å². The second-order valence-corrected chi connectivity index (χ2v) is 7.87. The molecule has 0 amide bonds. The number of halogens is 1. The van der Waals surface area contributed by atoms with E-state index in [9.17, 15) is 4.79 Å². The number of nitrogens with one attached hydrogen (secondary N) is 1. The molecule has 2 heterocycles. The molecule has 5 nitrogen and oxygen atoms in total. The standard InChI is InChI=1S/C24H19BrN4O/c25-20-10-11-22-21(15-28-29(22)16-20)24(30)23(19-4-2-1-3-5-19)27-13-12-17-6-8-18(14-26)9-7-17/h1-11,15-16,23,27H,12-13H2. The van der Waals surface area contributed by atoms with Gasteiger partial charge in [0.2, 0.25) is 0 Å². The van der Waals surface area contributed by atoms with Crippen molar-refractivity contribution in [2.24, 2.45) is 0 Å². The van der Waals surface area contributed by atoms with Gasteiger partial charge in [-0.05, 0) is 57.7 Å². The van der Waals surface area contributed by atoms with Gasteiger partial charge in [-0.1, -0.05) is 42.5 Å². The number of carbonyl (C=O) groups is 1. The first-order valence-electron chi connectivity index (χ1n) is 9.60. The highest BCUT2D eigenvalue weighted by atomic mass is 79.9. The molecule has 4 aromatic rings. The Hall–Kier alpha value is -3.27. The van der Waals surface area contributed by atoms with Crippen molar-refractivity contribution in [2.75, 3.05) is 6.54 Å². The fraction of sp³-hybridized carbons (Fsp3) is 0.125. The minimum absolute atomic E-state index is 0.0154. The molecule has 1 N–H and O–H groups in total. The van der Waals surface area contributed by atoms with Gasteiger partial charge in [-0.15, -0.1) is 0 Å². The van der Waals surface area contributed by atoms with E-state index in [0.717, 1.165) is 27.5 Å². The number of rotatable bonds is 7. The highest BCUT2D eigenvalue weighted by Crippen LogP contribution is 2.23. The lowest BCUT2D eigenvalue weighted by Crippen LogP contribution is -2.30. The lowest BCUT2D eigenvalue weighted by molar-refractivity contribution is 0.0945. The molecule has 0 bridgehead atoms. The van der Waals surface area contributed by atoms with Gasteiger partial charge in [-0.25, -0.2) is 4.52 Å². The maximum Gasteiger partial charge on any atom is 0.188 e. The van der Waals surface area contributed by atoms with Gasteiger partial charge in [-0.2, -0.15) is 10.4 Å². The normalized spacial score (nSPS) is 11.9. The van der Waals surface area contributed by atoms with Gasteiger partial charge in [0.1, 0.15) is 0 Å². The number of nitriles is 1. The van der Waals surface area contributed by atoms with E-state index in [4.69, 9.17) is 5.26 Å². The summed E-state index contributed by atoms with van der Waals surface area (Å²) < 4.78 is 2.60. The molecule has 0 fully saturated rings. The fourth-order valence-electron chi connectivity index (χ4n) is 3.42. The predicted molar refractivity (Wildman–Crippen MR) is 119 cm³/mol. The summed E-state index contributed by atoms with van der Waals surface area (Å²) in [6.07, 6.45) is 4.22.